The number of hydrogen-bond acceptors (Lipinski definition) is 8. The van der Waals surface area contributed by atoms with E-state index in [1.54, 1.807) is 39.8 Å². The van der Waals surface area contributed by atoms with Crippen LogP contribution in [-0.2, 0) is 25.6 Å². The standard InChI is InChI=1S/C43H50O8/c1-9-25(10-2)26-13-15-27(16-14-26)28-12-11-24(19-28)20-29-17-18-30-22(5)41(7)34(37(47)32(30)35(29)45)39(49)43(51)38(48)31(23(6)44)36(46)33(21(3)4)42(43,8)40(41)50/h12-19,21-22,25,31,33-34,40,45,50-51H,9-11,20H2,1-8H3/t22-,31?,33?,34?,40-,41+,42+,43+/m1/s1. The molecule has 0 heterocycles. The number of fused-ring (bicyclic) bond motifs is 3. The monoisotopic (exact) mass is 694 g/mol. The molecule has 0 bridgehead atoms. The lowest BCUT2D eigenvalue weighted by atomic mass is 9.37. The van der Waals surface area contributed by atoms with E-state index in [1.807, 2.05) is 0 Å². The summed E-state index contributed by atoms with van der Waals surface area (Å²) in [6, 6.07) is 12.1. The predicted octanol–water partition coefficient (Wildman–Crippen LogP) is 6.48. The Morgan fingerprint density at radius 3 is 2.16 bits per heavy atom. The molecule has 0 aromatic heterocycles. The fourth-order valence-electron chi connectivity index (χ4n) is 10.4. The van der Waals surface area contributed by atoms with Crippen LogP contribution in [0.4, 0.5) is 0 Å². The fourth-order valence-corrected chi connectivity index (χ4v) is 10.4. The average molecular weight is 695 g/mol. The number of allylic oxidation sites excluding steroid dienone is 4. The first-order valence-electron chi connectivity index (χ1n) is 18.3. The minimum Gasteiger partial charge on any atom is -0.507 e. The highest BCUT2D eigenvalue weighted by Crippen LogP contribution is 2.66. The van der Waals surface area contributed by atoms with Gasteiger partial charge in [0.05, 0.1) is 17.6 Å². The van der Waals surface area contributed by atoms with Gasteiger partial charge in [0, 0.05) is 16.7 Å². The van der Waals surface area contributed by atoms with Gasteiger partial charge in [-0.1, -0.05) is 103 Å². The number of ketones is 5. The molecule has 0 aliphatic heterocycles. The lowest BCUT2D eigenvalue weighted by Gasteiger charge is -2.65. The molecule has 3 unspecified atom stereocenters. The van der Waals surface area contributed by atoms with Gasteiger partial charge >= 0.3 is 0 Å². The van der Waals surface area contributed by atoms with Crippen molar-refractivity contribution >= 4 is 34.5 Å². The van der Waals surface area contributed by atoms with E-state index in [1.165, 1.54) is 12.5 Å². The molecule has 2 aromatic rings. The first-order chi connectivity index (χ1) is 23.9. The van der Waals surface area contributed by atoms with Crippen LogP contribution in [0.15, 0.2) is 54.1 Å². The van der Waals surface area contributed by atoms with Gasteiger partial charge in [-0.25, -0.2) is 0 Å². The van der Waals surface area contributed by atoms with Crippen LogP contribution in [0.5, 0.6) is 5.75 Å². The second-order valence-electron chi connectivity index (χ2n) is 16.2. The first kappa shape index (κ1) is 36.8. The van der Waals surface area contributed by atoms with Gasteiger partial charge in [-0.15, -0.1) is 0 Å². The number of phenolic OH excluding ortho intramolecular Hbond substituents is 1. The number of aliphatic hydroxyl groups excluding tert-OH is 1. The molecule has 2 fully saturated rings. The molecule has 8 atom stereocenters. The molecular weight excluding hydrogens is 644 g/mol. The van der Waals surface area contributed by atoms with E-state index in [0.717, 1.165) is 36.5 Å². The van der Waals surface area contributed by atoms with Crippen molar-refractivity contribution in [1.29, 1.82) is 0 Å². The van der Waals surface area contributed by atoms with Crippen LogP contribution >= 0.6 is 0 Å². The highest BCUT2D eigenvalue weighted by Gasteiger charge is 2.80. The molecule has 3 N–H and O–H groups in total. The molecular formula is C43H50O8. The third kappa shape index (κ3) is 4.88. The number of aromatic hydroxyl groups is 1. The van der Waals surface area contributed by atoms with Gasteiger partial charge in [0.2, 0.25) is 0 Å². The molecule has 8 nitrogen and oxygen atoms in total. The summed E-state index contributed by atoms with van der Waals surface area (Å²) in [5.74, 6) is -10.6. The number of carbonyl (C=O) groups excluding carboxylic acids is 5. The maximum Gasteiger partial charge on any atom is 0.191 e. The van der Waals surface area contributed by atoms with Crippen molar-refractivity contribution < 1.29 is 39.3 Å². The summed E-state index contributed by atoms with van der Waals surface area (Å²) in [6.07, 6.45) is 5.73. The maximum absolute atomic E-state index is 14.7. The zero-order valence-electron chi connectivity index (χ0n) is 30.9. The summed E-state index contributed by atoms with van der Waals surface area (Å²) in [4.78, 5) is 69.7. The molecule has 6 rings (SSSR count). The maximum atomic E-state index is 14.7. The highest BCUT2D eigenvalue weighted by molar-refractivity contribution is 6.33. The van der Waals surface area contributed by atoms with E-state index in [4.69, 9.17) is 0 Å². The normalized spacial score (nSPS) is 33.2. The molecule has 0 radical (unpaired) electrons. The van der Waals surface area contributed by atoms with Crippen molar-refractivity contribution in [2.45, 2.75) is 105 Å². The van der Waals surface area contributed by atoms with Gasteiger partial charge in [-0.2, -0.15) is 0 Å². The first-order valence-corrected chi connectivity index (χ1v) is 18.3. The SMILES string of the molecule is CCC(CC)c1ccc(C2=CCC(Cc3ccc4c(c3O)C(=O)C3C(=O)[C@@]5(O)C(=O)C(C(C)=O)C(=O)C(C(C)C)[C@@]5(C)[C@H](O)[C@@]3(C)[C@@H]4C)=C2)cc1. The minimum absolute atomic E-state index is 0.0677. The Labute approximate surface area is 300 Å². The lowest BCUT2D eigenvalue weighted by molar-refractivity contribution is -0.240. The van der Waals surface area contributed by atoms with Gasteiger partial charge in [0.1, 0.15) is 17.5 Å². The molecule has 0 spiro atoms. The van der Waals surface area contributed by atoms with Crippen molar-refractivity contribution in [3.8, 4) is 5.75 Å². The fraction of sp³-hybridized carbons (Fsp3) is 0.512. The van der Waals surface area contributed by atoms with Gasteiger partial charge < -0.3 is 15.3 Å². The molecule has 270 valence electrons. The summed E-state index contributed by atoms with van der Waals surface area (Å²) in [5, 5.41) is 36.4. The Kier molecular flexibility index (Phi) is 9.08. The topological polar surface area (TPSA) is 146 Å². The number of Topliss-reactive ketones (excluding diaryl/α,β-unsaturated/α-hetero) is 5. The van der Waals surface area contributed by atoms with Crippen molar-refractivity contribution in [3.05, 3.63) is 81.9 Å². The molecule has 0 amide bonds. The van der Waals surface area contributed by atoms with Crippen molar-refractivity contribution in [2.24, 2.45) is 34.5 Å². The number of aliphatic hydroxyl groups is 2. The van der Waals surface area contributed by atoms with Gasteiger partial charge in [-0.3, -0.25) is 24.0 Å². The van der Waals surface area contributed by atoms with Crippen molar-refractivity contribution in [3.63, 3.8) is 0 Å². The van der Waals surface area contributed by atoms with E-state index < -0.39 is 81.0 Å². The molecule has 2 saturated carbocycles. The third-order valence-electron chi connectivity index (χ3n) is 13.4. The van der Waals surface area contributed by atoms with Crippen molar-refractivity contribution in [1.82, 2.24) is 0 Å². The molecule has 51 heavy (non-hydrogen) atoms. The van der Waals surface area contributed by atoms with Gasteiger partial charge in [0.15, 0.2) is 28.7 Å². The largest absolute Gasteiger partial charge is 0.507 e. The number of hydrogen-bond donors (Lipinski definition) is 3. The van der Waals surface area contributed by atoms with Crippen LogP contribution in [0, 0.1) is 34.5 Å². The lowest BCUT2D eigenvalue weighted by Crippen LogP contribution is -2.81. The number of phenols is 1. The van der Waals surface area contributed by atoms with Crippen LogP contribution < -0.4 is 0 Å². The number of carbonyl (C=O) groups is 5. The van der Waals surface area contributed by atoms with E-state index in [9.17, 15) is 39.3 Å². The Hall–Kier alpha value is -4.01. The van der Waals surface area contributed by atoms with E-state index in [2.05, 4.69) is 50.3 Å². The smallest absolute Gasteiger partial charge is 0.191 e. The number of benzene rings is 2. The van der Waals surface area contributed by atoms with Crippen LogP contribution in [0.25, 0.3) is 5.57 Å². The Balaban J connectivity index is 1.38. The summed E-state index contributed by atoms with van der Waals surface area (Å²) in [5.41, 5.74) is -1.16. The summed E-state index contributed by atoms with van der Waals surface area (Å²) in [6.45, 7) is 13.5. The highest BCUT2D eigenvalue weighted by atomic mass is 16.3. The average Bonchev–Trinajstić information content (AvgIpc) is 3.55. The van der Waals surface area contributed by atoms with Gasteiger partial charge in [-0.05, 0) is 78.2 Å². The van der Waals surface area contributed by atoms with E-state index in [-0.39, 0.29) is 11.3 Å². The second-order valence-corrected chi connectivity index (χ2v) is 16.2. The molecule has 2 aromatic carbocycles. The Morgan fingerprint density at radius 1 is 0.961 bits per heavy atom. The summed E-state index contributed by atoms with van der Waals surface area (Å²) < 4.78 is 0. The van der Waals surface area contributed by atoms with Crippen LogP contribution in [0.2, 0.25) is 0 Å². The quantitative estimate of drug-likeness (QED) is 0.266. The number of rotatable bonds is 8. The van der Waals surface area contributed by atoms with Gasteiger partial charge in [0.25, 0.3) is 0 Å². The second kappa shape index (κ2) is 12.6. The molecule has 0 saturated heterocycles. The van der Waals surface area contributed by atoms with E-state index >= 15 is 0 Å². The molecule has 8 heteroatoms. The summed E-state index contributed by atoms with van der Waals surface area (Å²) in [7, 11) is 0. The van der Waals surface area contributed by atoms with Crippen LogP contribution in [0.1, 0.15) is 119 Å². The van der Waals surface area contributed by atoms with Crippen LogP contribution in [-0.4, -0.2) is 55.9 Å². The molecule has 4 aliphatic rings. The van der Waals surface area contributed by atoms with E-state index in [0.29, 0.717) is 29.9 Å². The molecule has 4 aliphatic carbocycles. The van der Waals surface area contributed by atoms with Crippen molar-refractivity contribution in [2.75, 3.05) is 0 Å². The third-order valence-corrected chi connectivity index (χ3v) is 13.4. The van der Waals surface area contributed by atoms with Crippen LogP contribution in [0.3, 0.4) is 0 Å². The minimum atomic E-state index is -2.99. The Bertz CT molecular complexity index is 1910. The zero-order valence-corrected chi connectivity index (χ0v) is 30.9. The predicted molar refractivity (Wildman–Crippen MR) is 193 cm³/mol. The Morgan fingerprint density at radius 2 is 1.59 bits per heavy atom. The summed E-state index contributed by atoms with van der Waals surface area (Å²) >= 11 is 0. The zero-order chi connectivity index (χ0) is 37.5.